The zero-order valence-corrected chi connectivity index (χ0v) is 11.9. The minimum Gasteiger partial charge on any atom is -0.309 e. The van der Waals surface area contributed by atoms with E-state index in [0.717, 1.165) is 17.8 Å². The lowest BCUT2D eigenvalue weighted by Crippen LogP contribution is -2.63. The van der Waals surface area contributed by atoms with Crippen molar-refractivity contribution in [3.8, 4) is 0 Å². The molecular weight excluding hydrogens is 216 g/mol. The van der Waals surface area contributed by atoms with Crippen LogP contribution in [0, 0.1) is 0 Å². The normalized spacial score (nSPS) is 40.1. The molecule has 0 spiro atoms. The summed E-state index contributed by atoms with van der Waals surface area (Å²) in [4.78, 5) is 2.77. The van der Waals surface area contributed by atoms with Gasteiger partial charge in [-0.15, -0.1) is 0 Å². The summed E-state index contributed by atoms with van der Waals surface area (Å²) in [5.41, 5.74) is 0.290. The van der Waals surface area contributed by atoms with Crippen molar-refractivity contribution in [1.82, 2.24) is 10.2 Å². The molecule has 0 aromatic carbocycles. The van der Waals surface area contributed by atoms with Gasteiger partial charge in [-0.05, 0) is 39.9 Å². The molecule has 0 amide bonds. The summed E-state index contributed by atoms with van der Waals surface area (Å²) in [5.74, 6) is 0. The van der Waals surface area contributed by atoms with Crippen LogP contribution in [-0.2, 0) is 0 Å². The van der Waals surface area contributed by atoms with E-state index in [-0.39, 0.29) is 5.54 Å². The molecule has 1 saturated carbocycles. The molecular formula is C13H26N2S. The molecule has 3 unspecified atom stereocenters. The van der Waals surface area contributed by atoms with E-state index in [1.165, 1.54) is 25.8 Å². The van der Waals surface area contributed by atoms with Crippen LogP contribution in [0.1, 0.15) is 40.0 Å². The second-order valence-corrected chi connectivity index (χ2v) is 7.14. The molecule has 0 radical (unpaired) electrons. The Kier molecular flexibility index (Phi) is 3.87. The summed E-state index contributed by atoms with van der Waals surface area (Å²) >= 11 is 2.07. The van der Waals surface area contributed by atoms with Gasteiger partial charge < -0.3 is 5.32 Å². The molecule has 0 bridgehead atoms. The first-order chi connectivity index (χ1) is 7.53. The van der Waals surface area contributed by atoms with Crippen molar-refractivity contribution in [2.24, 2.45) is 0 Å². The summed E-state index contributed by atoms with van der Waals surface area (Å²) in [7, 11) is 0. The summed E-state index contributed by atoms with van der Waals surface area (Å²) in [6.07, 6.45) is 6.53. The molecule has 1 N–H and O–H groups in total. The van der Waals surface area contributed by atoms with Crippen LogP contribution in [0.3, 0.4) is 0 Å². The Morgan fingerprint density at radius 2 is 2.06 bits per heavy atom. The fourth-order valence-electron chi connectivity index (χ4n) is 3.21. The topological polar surface area (TPSA) is 15.3 Å². The van der Waals surface area contributed by atoms with Crippen molar-refractivity contribution in [2.45, 2.75) is 62.9 Å². The zero-order valence-electron chi connectivity index (χ0n) is 11.1. The Morgan fingerprint density at radius 1 is 1.31 bits per heavy atom. The van der Waals surface area contributed by atoms with Gasteiger partial charge in [-0.25, -0.2) is 0 Å². The molecule has 1 aliphatic heterocycles. The summed E-state index contributed by atoms with van der Waals surface area (Å²) in [6, 6.07) is 1.53. The Bertz CT molecular complexity index is 242. The highest BCUT2D eigenvalue weighted by Crippen LogP contribution is 2.34. The van der Waals surface area contributed by atoms with Gasteiger partial charge >= 0.3 is 0 Å². The highest BCUT2D eigenvalue weighted by atomic mass is 32.2. The number of hydrogen-bond acceptors (Lipinski definition) is 3. The van der Waals surface area contributed by atoms with E-state index >= 15 is 0 Å². The minimum absolute atomic E-state index is 0.290. The molecule has 2 rings (SSSR count). The second-order valence-electron chi connectivity index (χ2n) is 6.06. The third-order valence-corrected chi connectivity index (χ3v) is 5.32. The zero-order chi connectivity index (χ0) is 11.8. The highest BCUT2D eigenvalue weighted by Gasteiger charge is 2.39. The Hall–Kier alpha value is 0.270. The second kappa shape index (κ2) is 4.87. The Balaban J connectivity index is 2.06. The molecule has 94 valence electrons. The smallest absolute Gasteiger partial charge is 0.0253 e. The number of hydrogen-bond donors (Lipinski definition) is 1. The molecule has 3 atom stereocenters. The largest absolute Gasteiger partial charge is 0.309 e. The molecule has 0 aromatic heterocycles. The maximum absolute atomic E-state index is 3.65. The predicted octanol–water partition coefficient (Wildman–Crippen LogP) is 2.34. The SMILES string of the molecule is CSC1CCCC1N1CC(C)(C)NCC1C. The minimum atomic E-state index is 0.290. The van der Waals surface area contributed by atoms with Crippen LogP contribution >= 0.6 is 11.8 Å². The fraction of sp³-hybridized carbons (Fsp3) is 1.00. The van der Waals surface area contributed by atoms with Gasteiger partial charge in [0.2, 0.25) is 0 Å². The van der Waals surface area contributed by atoms with Crippen LogP contribution in [0.25, 0.3) is 0 Å². The highest BCUT2D eigenvalue weighted by molar-refractivity contribution is 7.99. The van der Waals surface area contributed by atoms with Crippen LogP contribution < -0.4 is 5.32 Å². The van der Waals surface area contributed by atoms with E-state index in [2.05, 4.69) is 49.0 Å². The Morgan fingerprint density at radius 3 is 2.75 bits per heavy atom. The van der Waals surface area contributed by atoms with Gasteiger partial charge in [-0.3, -0.25) is 4.90 Å². The van der Waals surface area contributed by atoms with E-state index in [1.54, 1.807) is 0 Å². The number of nitrogens with one attached hydrogen (secondary N) is 1. The average Bonchev–Trinajstić information content (AvgIpc) is 2.69. The molecule has 2 nitrogen and oxygen atoms in total. The predicted molar refractivity (Wildman–Crippen MR) is 73.2 cm³/mol. The molecule has 0 aromatic rings. The van der Waals surface area contributed by atoms with Crippen molar-refractivity contribution in [3.05, 3.63) is 0 Å². The van der Waals surface area contributed by atoms with E-state index in [9.17, 15) is 0 Å². The van der Waals surface area contributed by atoms with Gasteiger partial charge in [0.1, 0.15) is 0 Å². The molecule has 16 heavy (non-hydrogen) atoms. The van der Waals surface area contributed by atoms with E-state index in [1.807, 2.05) is 0 Å². The molecule has 2 fully saturated rings. The van der Waals surface area contributed by atoms with Crippen LogP contribution in [0.4, 0.5) is 0 Å². The summed E-state index contributed by atoms with van der Waals surface area (Å²) in [5, 5.41) is 4.52. The standard InChI is InChI=1S/C13H26N2S/c1-10-8-14-13(2,3)9-15(10)11-6-5-7-12(11)16-4/h10-12,14H,5-9H2,1-4H3. The first-order valence-corrected chi connectivity index (χ1v) is 7.86. The summed E-state index contributed by atoms with van der Waals surface area (Å²) in [6.45, 7) is 9.38. The van der Waals surface area contributed by atoms with Gasteiger partial charge in [-0.2, -0.15) is 11.8 Å². The van der Waals surface area contributed by atoms with E-state index in [4.69, 9.17) is 0 Å². The maximum Gasteiger partial charge on any atom is 0.0253 e. The maximum atomic E-state index is 3.65. The lowest BCUT2D eigenvalue weighted by molar-refractivity contribution is 0.0666. The van der Waals surface area contributed by atoms with Gasteiger partial charge in [-0.1, -0.05) is 6.42 Å². The third-order valence-electron chi connectivity index (χ3n) is 4.17. The first kappa shape index (κ1) is 12.7. The molecule has 1 aliphatic carbocycles. The molecule has 1 saturated heterocycles. The van der Waals surface area contributed by atoms with Gasteiger partial charge in [0.25, 0.3) is 0 Å². The molecule has 1 heterocycles. The average molecular weight is 242 g/mol. The number of nitrogens with zero attached hydrogens (tertiary/aromatic N) is 1. The van der Waals surface area contributed by atoms with Crippen LogP contribution in [-0.4, -0.2) is 47.1 Å². The van der Waals surface area contributed by atoms with Gasteiger partial charge in [0.05, 0.1) is 0 Å². The van der Waals surface area contributed by atoms with Gasteiger partial charge in [0.15, 0.2) is 0 Å². The molecule has 3 heteroatoms. The van der Waals surface area contributed by atoms with Crippen LogP contribution in [0.5, 0.6) is 0 Å². The number of rotatable bonds is 2. The third kappa shape index (κ3) is 2.57. The van der Waals surface area contributed by atoms with Crippen LogP contribution in [0.2, 0.25) is 0 Å². The number of piperazine rings is 1. The Labute approximate surface area is 105 Å². The number of thioether (sulfide) groups is 1. The van der Waals surface area contributed by atoms with Crippen LogP contribution in [0.15, 0.2) is 0 Å². The summed E-state index contributed by atoms with van der Waals surface area (Å²) < 4.78 is 0. The lowest BCUT2D eigenvalue weighted by Gasteiger charge is -2.47. The monoisotopic (exact) mass is 242 g/mol. The molecule has 2 aliphatic rings. The fourth-order valence-corrected chi connectivity index (χ4v) is 4.22. The van der Waals surface area contributed by atoms with Gasteiger partial charge in [0, 0.05) is 36.0 Å². The quantitative estimate of drug-likeness (QED) is 0.800. The first-order valence-electron chi connectivity index (χ1n) is 6.57. The van der Waals surface area contributed by atoms with Crippen molar-refractivity contribution in [2.75, 3.05) is 19.3 Å². The lowest BCUT2D eigenvalue weighted by atomic mass is 9.97. The van der Waals surface area contributed by atoms with Crippen molar-refractivity contribution < 1.29 is 0 Å². The van der Waals surface area contributed by atoms with Crippen molar-refractivity contribution in [3.63, 3.8) is 0 Å². The van der Waals surface area contributed by atoms with Crippen molar-refractivity contribution in [1.29, 1.82) is 0 Å². The van der Waals surface area contributed by atoms with E-state index < -0.39 is 0 Å². The van der Waals surface area contributed by atoms with E-state index in [0.29, 0.717) is 6.04 Å². The van der Waals surface area contributed by atoms with Crippen molar-refractivity contribution >= 4 is 11.8 Å².